The van der Waals surface area contributed by atoms with Gasteiger partial charge in [0, 0.05) is 25.4 Å². The number of hydrogen-bond acceptors (Lipinski definition) is 4. The van der Waals surface area contributed by atoms with Gasteiger partial charge in [-0.05, 0) is 18.2 Å². The summed E-state index contributed by atoms with van der Waals surface area (Å²) in [6.07, 6.45) is 1.07. The Bertz CT molecular complexity index is 689. The molecule has 1 aromatic carbocycles. The van der Waals surface area contributed by atoms with Gasteiger partial charge in [-0.1, -0.05) is 11.8 Å². The molecule has 7 heteroatoms. The van der Waals surface area contributed by atoms with Crippen molar-refractivity contribution in [3.8, 4) is 11.8 Å². The number of aliphatic hydroxyl groups excluding tert-OH is 1. The lowest BCUT2D eigenvalue weighted by atomic mass is 10.1. The van der Waals surface area contributed by atoms with Crippen LogP contribution in [0.15, 0.2) is 18.2 Å². The van der Waals surface area contributed by atoms with Gasteiger partial charge in [0.2, 0.25) is 0 Å². The van der Waals surface area contributed by atoms with Crippen LogP contribution in [0.4, 0.5) is 4.39 Å². The van der Waals surface area contributed by atoms with E-state index in [1.54, 1.807) is 0 Å². The van der Waals surface area contributed by atoms with Crippen molar-refractivity contribution in [3.05, 3.63) is 35.1 Å². The first-order valence-electron chi connectivity index (χ1n) is 6.07. The quantitative estimate of drug-likeness (QED) is 0.811. The van der Waals surface area contributed by atoms with E-state index in [4.69, 9.17) is 5.11 Å². The first-order valence-corrected chi connectivity index (χ1v) is 8.13. The minimum absolute atomic E-state index is 0.0242. The molecule has 0 heterocycles. The van der Waals surface area contributed by atoms with E-state index in [1.807, 2.05) is 0 Å². The predicted molar refractivity (Wildman–Crippen MR) is 77.0 cm³/mol. The molecule has 0 atom stereocenters. The maximum atomic E-state index is 13.7. The third-order valence-electron chi connectivity index (χ3n) is 2.65. The van der Waals surface area contributed by atoms with Crippen LogP contribution in [0.2, 0.25) is 0 Å². The normalized spacial score (nSPS) is 10.7. The van der Waals surface area contributed by atoms with Crippen molar-refractivity contribution in [2.45, 2.75) is 0 Å². The predicted octanol–water partition coefficient (Wildman–Crippen LogP) is 0.286. The Labute approximate surface area is 123 Å². The van der Waals surface area contributed by atoms with Crippen LogP contribution in [0, 0.1) is 17.7 Å². The van der Waals surface area contributed by atoms with E-state index < -0.39 is 21.6 Å². The molecule has 0 aromatic heterocycles. The highest BCUT2D eigenvalue weighted by Crippen LogP contribution is 2.12. The Balaban J connectivity index is 2.95. The lowest BCUT2D eigenvalue weighted by Crippen LogP contribution is -2.32. The maximum Gasteiger partial charge on any atom is 0.256 e. The van der Waals surface area contributed by atoms with Gasteiger partial charge in [0.25, 0.3) is 5.91 Å². The maximum absolute atomic E-state index is 13.7. The molecule has 1 rings (SSSR count). The number of sulfone groups is 1. The fourth-order valence-electron chi connectivity index (χ4n) is 1.52. The minimum Gasteiger partial charge on any atom is -0.384 e. The summed E-state index contributed by atoms with van der Waals surface area (Å²) in [5.74, 6) is 3.46. The van der Waals surface area contributed by atoms with E-state index in [-0.39, 0.29) is 24.5 Å². The highest BCUT2D eigenvalue weighted by molar-refractivity contribution is 7.90. The van der Waals surface area contributed by atoms with E-state index >= 15 is 0 Å². The number of carbonyl (C=O) groups is 1. The molecule has 0 aliphatic rings. The second kappa shape index (κ2) is 7.20. The third kappa shape index (κ3) is 5.53. The summed E-state index contributed by atoms with van der Waals surface area (Å²) < 4.78 is 35.9. The third-order valence-corrected chi connectivity index (χ3v) is 3.58. The van der Waals surface area contributed by atoms with Crippen molar-refractivity contribution < 1.29 is 22.7 Å². The summed E-state index contributed by atoms with van der Waals surface area (Å²) in [5.41, 5.74) is 0.209. The van der Waals surface area contributed by atoms with Gasteiger partial charge < -0.3 is 10.0 Å². The SMILES string of the molecule is CN(CCS(C)(=O)=O)C(=O)c1cc(C#CCO)ccc1F. The lowest BCUT2D eigenvalue weighted by molar-refractivity contribution is 0.0799. The standard InChI is InChI=1S/C14H16FNO4S/c1-16(7-9-21(2,19)20)14(18)12-10-11(4-3-8-17)5-6-13(12)15/h5-6,10,17H,7-9H2,1-2H3. The second-order valence-electron chi connectivity index (χ2n) is 4.51. The Hall–Kier alpha value is -1.91. The van der Waals surface area contributed by atoms with Gasteiger partial charge >= 0.3 is 0 Å². The van der Waals surface area contributed by atoms with Crippen LogP contribution in [-0.2, 0) is 9.84 Å². The van der Waals surface area contributed by atoms with Crippen LogP contribution in [0.1, 0.15) is 15.9 Å². The molecule has 114 valence electrons. The van der Waals surface area contributed by atoms with Gasteiger partial charge in [0.1, 0.15) is 22.3 Å². The smallest absolute Gasteiger partial charge is 0.256 e. The van der Waals surface area contributed by atoms with Crippen LogP contribution in [0.3, 0.4) is 0 Å². The lowest BCUT2D eigenvalue weighted by Gasteiger charge is -2.17. The molecule has 1 N–H and O–H groups in total. The number of hydrogen-bond donors (Lipinski definition) is 1. The number of nitrogens with zero attached hydrogens (tertiary/aromatic N) is 1. The van der Waals surface area contributed by atoms with Gasteiger partial charge in [0.15, 0.2) is 0 Å². The molecule has 1 aromatic rings. The van der Waals surface area contributed by atoms with Crippen LogP contribution >= 0.6 is 0 Å². The molecule has 0 saturated carbocycles. The Morgan fingerprint density at radius 2 is 2.10 bits per heavy atom. The highest BCUT2D eigenvalue weighted by atomic mass is 32.2. The number of rotatable bonds is 4. The molecule has 5 nitrogen and oxygen atoms in total. The van der Waals surface area contributed by atoms with Crippen LogP contribution < -0.4 is 0 Å². The van der Waals surface area contributed by atoms with Crippen molar-refractivity contribution in [2.24, 2.45) is 0 Å². The summed E-state index contributed by atoms with van der Waals surface area (Å²) >= 11 is 0. The molecule has 0 unspecified atom stereocenters. The van der Waals surface area contributed by atoms with E-state index in [1.165, 1.54) is 19.2 Å². The van der Waals surface area contributed by atoms with Crippen molar-refractivity contribution in [3.63, 3.8) is 0 Å². The number of amides is 1. The summed E-state index contributed by atoms with van der Waals surface area (Å²) in [7, 11) is -1.80. The van der Waals surface area contributed by atoms with Gasteiger partial charge in [-0.3, -0.25) is 4.79 Å². The molecule has 0 saturated heterocycles. The van der Waals surface area contributed by atoms with Crippen molar-refractivity contribution in [1.29, 1.82) is 0 Å². The number of carbonyl (C=O) groups excluding carboxylic acids is 1. The zero-order valence-electron chi connectivity index (χ0n) is 11.8. The van der Waals surface area contributed by atoms with E-state index in [2.05, 4.69) is 11.8 Å². The molecule has 0 bridgehead atoms. The molecule has 0 radical (unpaired) electrons. The van der Waals surface area contributed by atoms with Crippen LogP contribution in [0.25, 0.3) is 0 Å². The average Bonchev–Trinajstić information content (AvgIpc) is 2.42. The fourth-order valence-corrected chi connectivity index (χ4v) is 2.12. The van der Waals surface area contributed by atoms with Crippen molar-refractivity contribution >= 4 is 15.7 Å². The summed E-state index contributed by atoms with van der Waals surface area (Å²) in [6.45, 7) is -0.363. The molecule has 21 heavy (non-hydrogen) atoms. The van der Waals surface area contributed by atoms with Crippen LogP contribution in [-0.4, -0.2) is 56.5 Å². The second-order valence-corrected chi connectivity index (χ2v) is 6.77. The Morgan fingerprint density at radius 3 is 2.67 bits per heavy atom. The van der Waals surface area contributed by atoms with Gasteiger partial charge in [0.05, 0.1) is 11.3 Å². The number of halogens is 1. The fraction of sp³-hybridized carbons (Fsp3) is 0.357. The van der Waals surface area contributed by atoms with E-state index in [9.17, 15) is 17.6 Å². The average molecular weight is 313 g/mol. The molecule has 0 aliphatic carbocycles. The van der Waals surface area contributed by atoms with Crippen molar-refractivity contribution in [1.82, 2.24) is 4.90 Å². The zero-order valence-corrected chi connectivity index (χ0v) is 12.6. The van der Waals surface area contributed by atoms with E-state index in [0.29, 0.717) is 5.56 Å². The molecule has 0 spiro atoms. The van der Waals surface area contributed by atoms with Gasteiger partial charge in [-0.15, -0.1) is 0 Å². The van der Waals surface area contributed by atoms with Crippen molar-refractivity contribution in [2.75, 3.05) is 32.2 Å². The summed E-state index contributed by atoms with van der Waals surface area (Å²) in [6, 6.07) is 3.78. The number of benzene rings is 1. The summed E-state index contributed by atoms with van der Waals surface area (Å²) in [4.78, 5) is 13.2. The number of aliphatic hydroxyl groups is 1. The Kier molecular flexibility index (Phi) is 5.88. The largest absolute Gasteiger partial charge is 0.384 e. The van der Waals surface area contributed by atoms with Gasteiger partial charge in [-0.25, -0.2) is 12.8 Å². The van der Waals surface area contributed by atoms with E-state index in [0.717, 1.165) is 17.2 Å². The molecule has 0 aliphatic heterocycles. The van der Waals surface area contributed by atoms with Crippen LogP contribution in [0.5, 0.6) is 0 Å². The minimum atomic E-state index is -3.20. The first-order chi connectivity index (χ1) is 9.74. The molecular weight excluding hydrogens is 297 g/mol. The zero-order chi connectivity index (χ0) is 16.0. The van der Waals surface area contributed by atoms with Gasteiger partial charge in [-0.2, -0.15) is 0 Å². The molecule has 0 fully saturated rings. The monoisotopic (exact) mass is 313 g/mol. The Morgan fingerprint density at radius 1 is 1.43 bits per heavy atom. The first kappa shape index (κ1) is 17.1. The molecular formula is C14H16FNO4S. The summed E-state index contributed by atoms with van der Waals surface area (Å²) in [5, 5.41) is 8.62. The molecule has 1 amide bonds. The highest BCUT2D eigenvalue weighted by Gasteiger charge is 2.17. The topological polar surface area (TPSA) is 74.7 Å².